The molecule has 1 atom stereocenters. The van der Waals surface area contributed by atoms with Gasteiger partial charge in [-0.2, -0.15) is 4.98 Å². The topological polar surface area (TPSA) is 74.5 Å². The fourth-order valence-corrected chi connectivity index (χ4v) is 3.06. The van der Waals surface area contributed by atoms with E-state index in [1.807, 2.05) is 11.8 Å². The number of rotatable bonds is 4. The van der Waals surface area contributed by atoms with Crippen molar-refractivity contribution in [2.75, 3.05) is 32.7 Å². The van der Waals surface area contributed by atoms with Crippen LogP contribution in [0.5, 0.6) is 0 Å². The van der Waals surface area contributed by atoms with Crippen LogP contribution in [0, 0.1) is 0 Å². The Labute approximate surface area is 124 Å². The molecular formula is C14H23N5O2. The van der Waals surface area contributed by atoms with Gasteiger partial charge in [0.15, 0.2) is 5.82 Å². The Morgan fingerprint density at radius 2 is 2.19 bits per heavy atom. The highest BCUT2D eigenvalue weighted by molar-refractivity contribution is 5.82. The molecule has 2 aliphatic heterocycles. The maximum atomic E-state index is 12.7. The fraction of sp³-hybridized carbons (Fsp3) is 0.786. The van der Waals surface area contributed by atoms with Gasteiger partial charge in [0.2, 0.25) is 11.8 Å². The highest BCUT2D eigenvalue weighted by Gasteiger charge is 2.34. The Kier molecular flexibility index (Phi) is 4.50. The van der Waals surface area contributed by atoms with E-state index in [2.05, 4.69) is 20.4 Å². The van der Waals surface area contributed by atoms with Crippen molar-refractivity contribution in [3.05, 3.63) is 11.7 Å². The van der Waals surface area contributed by atoms with Crippen LogP contribution in [-0.4, -0.2) is 64.6 Å². The van der Waals surface area contributed by atoms with Crippen LogP contribution >= 0.6 is 0 Å². The quantitative estimate of drug-likeness (QED) is 0.844. The summed E-state index contributed by atoms with van der Waals surface area (Å²) in [5.74, 6) is 1.60. The predicted octanol–water partition coefficient (Wildman–Crippen LogP) is 0.0282. The van der Waals surface area contributed by atoms with E-state index in [1.54, 1.807) is 0 Å². The van der Waals surface area contributed by atoms with Gasteiger partial charge in [0, 0.05) is 32.6 Å². The Bertz CT molecular complexity index is 483. The second kappa shape index (κ2) is 6.53. The maximum Gasteiger partial charge on any atom is 0.240 e. The summed E-state index contributed by atoms with van der Waals surface area (Å²) >= 11 is 0. The number of carbonyl (C=O) groups is 1. The number of piperazine rings is 1. The normalized spacial score (nSPS) is 23.7. The Morgan fingerprint density at radius 3 is 2.90 bits per heavy atom. The molecule has 0 saturated carbocycles. The molecule has 116 valence electrons. The maximum absolute atomic E-state index is 12.7. The van der Waals surface area contributed by atoms with Crippen LogP contribution in [0.1, 0.15) is 31.5 Å². The highest BCUT2D eigenvalue weighted by atomic mass is 16.5. The van der Waals surface area contributed by atoms with Gasteiger partial charge in [0.05, 0.1) is 12.6 Å². The summed E-state index contributed by atoms with van der Waals surface area (Å²) in [5, 5.41) is 7.20. The van der Waals surface area contributed by atoms with Crippen LogP contribution in [0.25, 0.3) is 0 Å². The van der Waals surface area contributed by atoms with Gasteiger partial charge in [0.25, 0.3) is 0 Å². The largest absolute Gasteiger partial charge is 0.339 e. The van der Waals surface area contributed by atoms with Crippen molar-refractivity contribution in [3.8, 4) is 0 Å². The second-order valence-electron chi connectivity index (χ2n) is 5.66. The Balaban J connectivity index is 1.62. The lowest BCUT2D eigenvalue weighted by Gasteiger charge is -2.32. The van der Waals surface area contributed by atoms with Crippen LogP contribution in [0.3, 0.4) is 0 Å². The summed E-state index contributed by atoms with van der Waals surface area (Å²) in [6, 6.07) is -0.0277. The standard InChI is InChI=1S/C14H23N5O2/c1-2-12-16-13(21-17-12)10-19-7-3-4-11(19)14(20)18-8-5-15-6-9-18/h11,15H,2-10H2,1H3. The molecule has 0 aliphatic carbocycles. The molecule has 7 heteroatoms. The van der Waals surface area contributed by atoms with E-state index in [1.165, 1.54) is 0 Å². The number of nitrogens with zero attached hydrogens (tertiary/aromatic N) is 4. The third-order valence-corrected chi connectivity index (χ3v) is 4.24. The highest BCUT2D eigenvalue weighted by Crippen LogP contribution is 2.21. The van der Waals surface area contributed by atoms with E-state index in [-0.39, 0.29) is 11.9 Å². The first kappa shape index (κ1) is 14.5. The first-order chi connectivity index (χ1) is 10.3. The smallest absolute Gasteiger partial charge is 0.240 e. The van der Waals surface area contributed by atoms with E-state index in [4.69, 9.17) is 4.52 Å². The lowest BCUT2D eigenvalue weighted by atomic mass is 10.1. The van der Waals surface area contributed by atoms with Crippen molar-refractivity contribution in [1.82, 2.24) is 25.3 Å². The number of hydrogen-bond donors (Lipinski definition) is 1. The van der Waals surface area contributed by atoms with E-state index in [0.29, 0.717) is 12.4 Å². The molecule has 1 aromatic rings. The van der Waals surface area contributed by atoms with Gasteiger partial charge >= 0.3 is 0 Å². The summed E-state index contributed by atoms with van der Waals surface area (Å²) in [5.41, 5.74) is 0. The second-order valence-corrected chi connectivity index (χ2v) is 5.66. The summed E-state index contributed by atoms with van der Waals surface area (Å²) in [6.07, 6.45) is 2.75. The van der Waals surface area contributed by atoms with Crippen molar-refractivity contribution >= 4 is 5.91 Å². The van der Waals surface area contributed by atoms with Gasteiger partial charge in [-0.05, 0) is 19.4 Å². The minimum atomic E-state index is -0.0277. The minimum Gasteiger partial charge on any atom is -0.339 e. The molecule has 0 spiro atoms. The van der Waals surface area contributed by atoms with Gasteiger partial charge in [0.1, 0.15) is 0 Å². The van der Waals surface area contributed by atoms with Gasteiger partial charge < -0.3 is 14.7 Å². The zero-order chi connectivity index (χ0) is 14.7. The lowest BCUT2D eigenvalue weighted by molar-refractivity contribution is -0.136. The molecule has 1 amide bonds. The average molecular weight is 293 g/mol. The van der Waals surface area contributed by atoms with Crippen molar-refractivity contribution < 1.29 is 9.32 Å². The monoisotopic (exact) mass is 293 g/mol. The van der Waals surface area contributed by atoms with Crippen LogP contribution in [0.2, 0.25) is 0 Å². The predicted molar refractivity (Wildman–Crippen MR) is 76.6 cm³/mol. The number of aromatic nitrogens is 2. The molecule has 0 aromatic carbocycles. The molecule has 1 N–H and O–H groups in total. The molecule has 1 aromatic heterocycles. The molecule has 2 aliphatic rings. The van der Waals surface area contributed by atoms with Crippen LogP contribution in [0.15, 0.2) is 4.52 Å². The third-order valence-electron chi connectivity index (χ3n) is 4.24. The number of hydrogen-bond acceptors (Lipinski definition) is 6. The minimum absolute atomic E-state index is 0.0277. The van der Waals surface area contributed by atoms with Gasteiger partial charge in [-0.25, -0.2) is 0 Å². The number of carbonyl (C=O) groups excluding carboxylic acids is 1. The lowest BCUT2D eigenvalue weighted by Crippen LogP contribution is -2.52. The van der Waals surface area contributed by atoms with Crippen LogP contribution in [0.4, 0.5) is 0 Å². The molecule has 21 heavy (non-hydrogen) atoms. The molecule has 2 fully saturated rings. The van der Waals surface area contributed by atoms with Crippen molar-refractivity contribution in [1.29, 1.82) is 0 Å². The van der Waals surface area contributed by atoms with Crippen LogP contribution in [-0.2, 0) is 17.8 Å². The van der Waals surface area contributed by atoms with Crippen molar-refractivity contribution in [2.45, 2.75) is 38.8 Å². The number of aryl methyl sites for hydroxylation is 1. The van der Waals surface area contributed by atoms with E-state index in [9.17, 15) is 4.79 Å². The Hall–Kier alpha value is -1.47. The van der Waals surface area contributed by atoms with Gasteiger partial charge in [-0.15, -0.1) is 0 Å². The molecule has 2 saturated heterocycles. The average Bonchev–Trinajstić information content (AvgIpc) is 3.17. The summed E-state index contributed by atoms with van der Waals surface area (Å²) in [7, 11) is 0. The molecule has 1 unspecified atom stereocenters. The van der Waals surface area contributed by atoms with Gasteiger partial charge in [-0.3, -0.25) is 9.69 Å². The summed E-state index contributed by atoms with van der Waals surface area (Å²) in [4.78, 5) is 21.2. The van der Waals surface area contributed by atoms with Gasteiger partial charge in [-0.1, -0.05) is 12.1 Å². The van der Waals surface area contributed by atoms with Crippen molar-refractivity contribution in [3.63, 3.8) is 0 Å². The number of likely N-dealkylation sites (tertiary alicyclic amines) is 1. The molecular weight excluding hydrogens is 270 g/mol. The third kappa shape index (κ3) is 3.24. The zero-order valence-corrected chi connectivity index (χ0v) is 12.5. The van der Waals surface area contributed by atoms with Crippen LogP contribution < -0.4 is 5.32 Å². The van der Waals surface area contributed by atoms with Crippen molar-refractivity contribution in [2.24, 2.45) is 0 Å². The van der Waals surface area contributed by atoms with E-state index in [0.717, 1.165) is 57.8 Å². The summed E-state index contributed by atoms with van der Waals surface area (Å²) in [6.45, 7) is 6.90. The first-order valence-electron chi connectivity index (χ1n) is 7.83. The molecule has 3 rings (SSSR count). The number of amides is 1. The summed E-state index contributed by atoms with van der Waals surface area (Å²) < 4.78 is 5.25. The van der Waals surface area contributed by atoms with E-state index >= 15 is 0 Å². The molecule has 3 heterocycles. The molecule has 0 bridgehead atoms. The fourth-order valence-electron chi connectivity index (χ4n) is 3.06. The Morgan fingerprint density at radius 1 is 1.38 bits per heavy atom. The van der Waals surface area contributed by atoms with E-state index < -0.39 is 0 Å². The molecule has 0 radical (unpaired) electrons. The zero-order valence-electron chi connectivity index (χ0n) is 12.5. The molecule has 7 nitrogen and oxygen atoms in total. The first-order valence-corrected chi connectivity index (χ1v) is 7.83. The SMILES string of the molecule is CCc1noc(CN2CCCC2C(=O)N2CCNCC2)n1. The number of nitrogens with one attached hydrogen (secondary N) is 1.